The summed E-state index contributed by atoms with van der Waals surface area (Å²) in [6, 6.07) is 2.94. The summed E-state index contributed by atoms with van der Waals surface area (Å²) in [7, 11) is 1.25. The van der Waals surface area contributed by atoms with Crippen molar-refractivity contribution in [3.8, 4) is 0 Å². The normalized spacial score (nSPS) is 12.0. The Morgan fingerprint density at radius 2 is 2.15 bits per heavy atom. The number of halogens is 1. The average Bonchev–Trinajstić information content (AvgIpc) is 2.62. The molecule has 1 aromatic heterocycles. The molecule has 1 amide bonds. The van der Waals surface area contributed by atoms with E-state index in [1.165, 1.54) is 31.0 Å². The summed E-state index contributed by atoms with van der Waals surface area (Å²) in [6.45, 7) is 1.26. The van der Waals surface area contributed by atoms with E-state index in [1.54, 1.807) is 6.92 Å². The zero-order valence-corrected chi connectivity index (χ0v) is 15.6. The lowest BCUT2D eigenvalue weighted by molar-refractivity contribution is -0.145. The average molecular weight is 381 g/mol. The van der Waals surface area contributed by atoms with Gasteiger partial charge in [-0.05, 0) is 43.6 Å². The van der Waals surface area contributed by atoms with Gasteiger partial charge in [-0.1, -0.05) is 0 Å². The Morgan fingerprint density at radius 3 is 2.81 bits per heavy atom. The van der Waals surface area contributed by atoms with Crippen LogP contribution in [0.3, 0.4) is 0 Å². The van der Waals surface area contributed by atoms with Crippen molar-refractivity contribution in [2.45, 2.75) is 25.9 Å². The highest BCUT2D eigenvalue weighted by atomic mass is 32.2. The zero-order chi connectivity index (χ0) is 19.3. The number of rotatable bonds is 7. The van der Waals surface area contributed by atoms with Crippen molar-refractivity contribution in [2.24, 2.45) is 0 Å². The van der Waals surface area contributed by atoms with Crippen LogP contribution in [0.4, 0.5) is 4.39 Å². The molecule has 26 heavy (non-hydrogen) atoms. The maximum Gasteiger partial charge on any atom is 0.328 e. The Kier molecular flexibility index (Phi) is 6.73. The highest BCUT2D eigenvalue weighted by Gasteiger charge is 2.22. The number of ether oxygens (including phenoxy) is 1. The molecule has 0 saturated heterocycles. The zero-order valence-electron chi connectivity index (χ0n) is 14.7. The molecule has 1 heterocycles. The van der Waals surface area contributed by atoms with Gasteiger partial charge in [-0.25, -0.2) is 14.2 Å². The third kappa shape index (κ3) is 4.60. The Hall–Kier alpha value is -2.42. The second kappa shape index (κ2) is 8.79. The van der Waals surface area contributed by atoms with Gasteiger partial charge in [0.2, 0.25) is 5.91 Å². The maximum absolute atomic E-state index is 13.4. The fraction of sp³-hybridized carbons (Fsp3) is 0.412. The number of amides is 1. The summed E-state index contributed by atoms with van der Waals surface area (Å²) in [5.74, 6) is -0.642. The quantitative estimate of drug-likeness (QED) is 0.726. The van der Waals surface area contributed by atoms with Crippen LogP contribution in [0.1, 0.15) is 12.2 Å². The van der Waals surface area contributed by atoms with Crippen molar-refractivity contribution in [2.75, 3.05) is 19.1 Å². The van der Waals surface area contributed by atoms with Crippen molar-refractivity contribution < 1.29 is 18.7 Å². The minimum Gasteiger partial charge on any atom is -0.467 e. The van der Waals surface area contributed by atoms with Crippen LogP contribution in [0.15, 0.2) is 23.0 Å². The maximum atomic E-state index is 13.4. The molecule has 0 aliphatic carbocycles. The minimum atomic E-state index is -0.790. The smallest absolute Gasteiger partial charge is 0.328 e. The number of benzene rings is 1. The number of nitrogens with zero attached hydrogens (tertiary/aromatic N) is 2. The second-order valence-electron chi connectivity index (χ2n) is 5.64. The summed E-state index contributed by atoms with van der Waals surface area (Å²) < 4.78 is 19.3. The Morgan fingerprint density at radius 1 is 1.42 bits per heavy atom. The van der Waals surface area contributed by atoms with Gasteiger partial charge in [0.05, 0.1) is 18.0 Å². The van der Waals surface area contributed by atoms with Gasteiger partial charge < -0.3 is 10.1 Å². The highest BCUT2D eigenvalue weighted by Crippen LogP contribution is 2.10. The molecule has 1 atom stereocenters. The molecule has 0 radical (unpaired) electrons. The van der Waals surface area contributed by atoms with Crippen LogP contribution in [-0.2, 0) is 20.9 Å². The van der Waals surface area contributed by atoms with E-state index in [2.05, 4.69) is 10.3 Å². The van der Waals surface area contributed by atoms with Crippen LogP contribution in [-0.4, -0.2) is 46.6 Å². The van der Waals surface area contributed by atoms with Crippen LogP contribution in [0.25, 0.3) is 10.9 Å². The fourth-order valence-electron chi connectivity index (χ4n) is 2.50. The van der Waals surface area contributed by atoms with E-state index in [1.807, 2.05) is 6.26 Å². The van der Waals surface area contributed by atoms with E-state index in [-0.39, 0.29) is 11.9 Å². The first-order valence-electron chi connectivity index (χ1n) is 7.90. The van der Waals surface area contributed by atoms with Gasteiger partial charge >= 0.3 is 5.97 Å². The predicted molar refractivity (Wildman–Crippen MR) is 97.6 cm³/mol. The van der Waals surface area contributed by atoms with Gasteiger partial charge in [0, 0.05) is 0 Å². The molecule has 0 bridgehead atoms. The molecular formula is C17H20FN3O4S. The summed E-state index contributed by atoms with van der Waals surface area (Å²) in [5, 5.41) is 2.67. The van der Waals surface area contributed by atoms with E-state index in [4.69, 9.17) is 4.74 Å². The molecule has 0 aliphatic rings. The van der Waals surface area contributed by atoms with Gasteiger partial charge in [-0.3, -0.25) is 14.2 Å². The minimum absolute atomic E-state index is 0.0929. The molecule has 140 valence electrons. The van der Waals surface area contributed by atoms with Gasteiger partial charge in [0.25, 0.3) is 5.56 Å². The lowest BCUT2D eigenvalue weighted by Crippen LogP contribution is -2.44. The van der Waals surface area contributed by atoms with Crippen LogP contribution < -0.4 is 10.9 Å². The van der Waals surface area contributed by atoms with E-state index in [9.17, 15) is 18.8 Å². The topological polar surface area (TPSA) is 90.3 Å². The molecule has 1 aromatic carbocycles. The molecule has 0 aliphatic heterocycles. The fourth-order valence-corrected chi connectivity index (χ4v) is 2.97. The number of fused-ring (bicyclic) bond motifs is 1. The Balaban J connectivity index is 2.25. The van der Waals surface area contributed by atoms with Gasteiger partial charge in [-0.15, -0.1) is 0 Å². The number of aromatic nitrogens is 2. The standard InChI is InChI=1S/C17H20FN3O4S/c1-10-19-13-5-4-11(18)8-12(13)16(23)21(10)9-15(22)20-14(6-7-26-3)17(24)25-2/h4-5,8,14H,6-7,9H2,1-3H3,(H,20,22). The van der Waals surface area contributed by atoms with Crippen molar-refractivity contribution in [1.29, 1.82) is 0 Å². The molecule has 0 saturated carbocycles. The number of thioether (sulfide) groups is 1. The van der Waals surface area contributed by atoms with Crippen LogP contribution in [0.2, 0.25) is 0 Å². The van der Waals surface area contributed by atoms with Gasteiger partial charge in [0.15, 0.2) is 0 Å². The lowest BCUT2D eigenvalue weighted by atomic mass is 10.2. The largest absolute Gasteiger partial charge is 0.467 e. The third-order valence-electron chi connectivity index (χ3n) is 3.84. The number of hydrogen-bond donors (Lipinski definition) is 1. The number of carbonyl (C=O) groups excluding carboxylic acids is 2. The van der Waals surface area contributed by atoms with Crippen LogP contribution in [0.5, 0.6) is 0 Å². The molecule has 2 rings (SSSR count). The molecule has 0 spiro atoms. The van der Waals surface area contributed by atoms with Crippen LogP contribution in [0, 0.1) is 12.7 Å². The van der Waals surface area contributed by atoms with Crippen molar-refractivity contribution in [3.05, 3.63) is 40.2 Å². The first-order valence-corrected chi connectivity index (χ1v) is 9.29. The first kappa shape index (κ1) is 19.9. The Bertz CT molecular complexity index is 884. The second-order valence-corrected chi connectivity index (χ2v) is 6.62. The predicted octanol–water partition coefficient (Wildman–Crippen LogP) is 1.25. The van der Waals surface area contributed by atoms with E-state index in [0.717, 1.165) is 10.6 Å². The summed E-state index contributed by atoms with van der Waals surface area (Å²) in [5.41, 5.74) is -0.154. The molecule has 0 fully saturated rings. The SMILES string of the molecule is COC(=O)C(CCSC)NC(=O)Cn1c(C)nc2ccc(F)cc2c1=O. The van der Waals surface area contributed by atoms with E-state index < -0.39 is 29.3 Å². The summed E-state index contributed by atoms with van der Waals surface area (Å²) in [4.78, 5) is 40.9. The van der Waals surface area contributed by atoms with Crippen molar-refractivity contribution >= 4 is 34.5 Å². The monoisotopic (exact) mass is 381 g/mol. The lowest BCUT2D eigenvalue weighted by Gasteiger charge is -2.17. The number of esters is 1. The van der Waals surface area contributed by atoms with Gasteiger partial charge in [-0.2, -0.15) is 11.8 Å². The Labute approximate surface area is 153 Å². The third-order valence-corrected chi connectivity index (χ3v) is 4.48. The first-order chi connectivity index (χ1) is 12.4. The number of aryl methyl sites for hydroxylation is 1. The van der Waals surface area contributed by atoms with Crippen molar-refractivity contribution in [1.82, 2.24) is 14.9 Å². The summed E-state index contributed by atoms with van der Waals surface area (Å²) in [6.07, 6.45) is 2.30. The number of nitrogens with one attached hydrogen (secondary N) is 1. The van der Waals surface area contributed by atoms with E-state index >= 15 is 0 Å². The van der Waals surface area contributed by atoms with E-state index in [0.29, 0.717) is 23.5 Å². The molecule has 1 N–H and O–H groups in total. The molecule has 9 heteroatoms. The van der Waals surface area contributed by atoms with Crippen molar-refractivity contribution in [3.63, 3.8) is 0 Å². The molecular weight excluding hydrogens is 361 g/mol. The number of hydrogen-bond acceptors (Lipinski definition) is 6. The van der Waals surface area contributed by atoms with Gasteiger partial charge in [0.1, 0.15) is 24.2 Å². The number of methoxy groups -OCH3 is 1. The number of carbonyl (C=O) groups is 2. The molecule has 1 unspecified atom stereocenters. The molecule has 2 aromatic rings. The molecule has 7 nitrogen and oxygen atoms in total. The highest BCUT2D eigenvalue weighted by molar-refractivity contribution is 7.98. The summed E-state index contributed by atoms with van der Waals surface area (Å²) >= 11 is 1.54. The van der Waals surface area contributed by atoms with Crippen LogP contribution >= 0.6 is 11.8 Å².